The second-order valence-electron chi connectivity index (χ2n) is 9.32. The number of nitrogens with two attached hydrogens (primary N) is 2. The highest BCUT2D eigenvalue weighted by atomic mass is 35.5. The first kappa shape index (κ1) is 32.3. The number of carbonyl (C=O) groups is 1. The highest BCUT2D eigenvalue weighted by molar-refractivity contribution is 7.90. The Hall–Kier alpha value is -3.24. The number of halogens is 1. The van der Waals surface area contributed by atoms with Crippen LogP contribution in [-0.2, 0) is 26.5 Å². The topological polar surface area (TPSA) is 214 Å². The predicted octanol–water partition coefficient (Wildman–Crippen LogP) is 1.78. The summed E-state index contributed by atoms with van der Waals surface area (Å²) in [6, 6.07) is 17.0. The van der Waals surface area contributed by atoms with Crippen molar-refractivity contribution in [3.63, 3.8) is 0 Å². The Balaban J connectivity index is 0.000000239. The van der Waals surface area contributed by atoms with Crippen LogP contribution >= 0.6 is 11.6 Å². The standard InChI is InChI=1S/C19H24N2O3.C7H8ClN3O4S2/c1-13(7-8-14-5-3-2-4-6-14)21-12-18(23)15-9-10-17(22)16(11-15)19(20)24;8-4-1-5-7(2-6(4)16(9,12)13)17(14,15)11-3-10-5/h2-6,9-11,13,18,21-23H,7-8,12H2,1H3,(H2,20,24);1-2,10-11H,3H2,(H2,9,12,13). The summed E-state index contributed by atoms with van der Waals surface area (Å²) >= 11 is 5.72. The first-order valence-corrected chi connectivity index (χ1v) is 15.8. The van der Waals surface area contributed by atoms with Gasteiger partial charge in [0.2, 0.25) is 20.0 Å². The van der Waals surface area contributed by atoms with Gasteiger partial charge in [-0.25, -0.2) is 22.0 Å². The predicted molar refractivity (Wildman–Crippen MR) is 155 cm³/mol. The normalized spacial score (nSPS) is 15.4. The van der Waals surface area contributed by atoms with E-state index in [4.69, 9.17) is 22.5 Å². The number of fused-ring (bicyclic) bond motifs is 1. The minimum Gasteiger partial charge on any atom is -0.507 e. The SMILES string of the molecule is CC(CCc1ccccc1)NCC(O)c1ccc(O)c(C(N)=O)c1.NS(=O)(=O)c1cc2c(cc1Cl)NCNS2(=O)=O. The van der Waals surface area contributed by atoms with Crippen molar-refractivity contribution in [2.75, 3.05) is 18.5 Å². The molecule has 0 bridgehead atoms. The lowest BCUT2D eigenvalue weighted by atomic mass is 10.0. The third kappa shape index (κ3) is 8.87. The minimum absolute atomic E-state index is 0.0143. The molecule has 41 heavy (non-hydrogen) atoms. The van der Waals surface area contributed by atoms with Crippen LogP contribution in [0.5, 0.6) is 5.75 Å². The molecule has 0 saturated heterocycles. The van der Waals surface area contributed by atoms with E-state index in [0.717, 1.165) is 18.9 Å². The number of rotatable bonds is 9. The Morgan fingerprint density at radius 2 is 1.83 bits per heavy atom. The maximum absolute atomic E-state index is 11.6. The number of aromatic hydroxyl groups is 1. The fraction of sp³-hybridized carbons (Fsp3) is 0.269. The number of aliphatic hydroxyl groups excluding tert-OH is 1. The Kier molecular flexibility index (Phi) is 10.7. The minimum atomic E-state index is -4.07. The van der Waals surface area contributed by atoms with Crippen molar-refractivity contribution in [1.29, 1.82) is 0 Å². The van der Waals surface area contributed by atoms with Gasteiger partial charge < -0.3 is 26.6 Å². The van der Waals surface area contributed by atoms with Crippen LogP contribution in [0.4, 0.5) is 5.69 Å². The summed E-state index contributed by atoms with van der Waals surface area (Å²) < 4.78 is 47.9. The van der Waals surface area contributed by atoms with Gasteiger partial charge in [0.1, 0.15) is 15.5 Å². The van der Waals surface area contributed by atoms with E-state index in [1.165, 1.54) is 23.8 Å². The number of aryl methyl sites for hydroxylation is 1. The number of aliphatic hydroxyl groups is 1. The smallest absolute Gasteiger partial charge is 0.252 e. The van der Waals surface area contributed by atoms with E-state index in [2.05, 4.69) is 34.4 Å². The summed E-state index contributed by atoms with van der Waals surface area (Å²) in [5.41, 5.74) is 7.29. The number of hydrogen-bond acceptors (Lipinski definition) is 9. The van der Waals surface area contributed by atoms with Crippen molar-refractivity contribution >= 4 is 43.2 Å². The zero-order valence-electron chi connectivity index (χ0n) is 22.0. The molecule has 3 aromatic rings. The monoisotopic (exact) mass is 625 g/mol. The largest absolute Gasteiger partial charge is 0.507 e. The third-order valence-corrected chi connectivity index (χ3v) is 9.03. The lowest BCUT2D eigenvalue weighted by molar-refractivity contribution is 0.0997. The van der Waals surface area contributed by atoms with E-state index in [0.29, 0.717) is 12.1 Å². The Bertz CT molecular complexity index is 1600. The van der Waals surface area contributed by atoms with E-state index in [-0.39, 0.29) is 39.6 Å². The number of sulfonamides is 2. The maximum Gasteiger partial charge on any atom is 0.252 e. The average Bonchev–Trinajstić information content (AvgIpc) is 2.90. The van der Waals surface area contributed by atoms with E-state index >= 15 is 0 Å². The zero-order valence-corrected chi connectivity index (χ0v) is 24.4. The molecule has 1 amide bonds. The number of primary amides is 1. The summed E-state index contributed by atoms with van der Waals surface area (Å²) in [5, 5.41) is 30.7. The first-order valence-electron chi connectivity index (χ1n) is 12.4. The maximum atomic E-state index is 11.6. The van der Waals surface area contributed by atoms with Crippen LogP contribution < -0.4 is 26.2 Å². The molecule has 0 radical (unpaired) electrons. The molecule has 3 aromatic carbocycles. The van der Waals surface area contributed by atoms with Crippen LogP contribution in [0.1, 0.15) is 40.9 Å². The Morgan fingerprint density at radius 1 is 1.15 bits per heavy atom. The molecule has 222 valence electrons. The van der Waals surface area contributed by atoms with Gasteiger partial charge in [0.05, 0.1) is 29.0 Å². The summed E-state index contributed by atoms with van der Waals surface area (Å²) in [7, 11) is -7.80. The summed E-state index contributed by atoms with van der Waals surface area (Å²) in [5.74, 6) is -0.895. The van der Waals surface area contributed by atoms with Gasteiger partial charge in [0, 0.05) is 12.6 Å². The molecular weight excluding hydrogens is 594 g/mol. The molecule has 2 atom stereocenters. The van der Waals surface area contributed by atoms with Gasteiger partial charge in [-0.15, -0.1) is 0 Å². The Morgan fingerprint density at radius 3 is 2.46 bits per heavy atom. The summed E-state index contributed by atoms with van der Waals surface area (Å²) in [4.78, 5) is 10.6. The van der Waals surface area contributed by atoms with E-state index in [1.807, 2.05) is 18.2 Å². The van der Waals surface area contributed by atoms with Crippen LogP contribution in [0.25, 0.3) is 0 Å². The number of amides is 1. The molecule has 0 saturated carbocycles. The molecule has 2 unspecified atom stereocenters. The lowest BCUT2D eigenvalue weighted by Gasteiger charge is -2.20. The van der Waals surface area contributed by atoms with Crippen molar-refractivity contribution in [3.05, 3.63) is 82.4 Å². The number of nitrogens with one attached hydrogen (secondary N) is 3. The number of primary sulfonamides is 1. The van der Waals surface area contributed by atoms with Crippen LogP contribution in [0.2, 0.25) is 5.02 Å². The molecule has 0 aromatic heterocycles. The number of anilines is 1. The van der Waals surface area contributed by atoms with Crippen molar-refractivity contribution in [2.45, 2.75) is 41.7 Å². The van der Waals surface area contributed by atoms with Gasteiger partial charge in [-0.2, -0.15) is 4.72 Å². The summed E-state index contributed by atoms with van der Waals surface area (Å²) in [6.45, 7) is 2.45. The third-order valence-electron chi connectivity index (χ3n) is 6.21. The number of hydrogen-bond donors (Lipinski definition) is 7. The van der Waals surface area contributed by atoms with Gasteiger partial charge in [-0.3, -0.25) is 4.79 Å². The highest BCUT2D eigenvalue weighted by Crippen LogP contribution is 2.32. The van der Waals surface area contributed by atoms with Crippen molar-refractivity contribution in [3.8, 4) is 5.75 Å². The van der Waals surface area contributed by atoms with Gasteiger partial charge in [0.25, 0.3) is 5.91 Å². The highest BCUT2D eigenvalue weighted by Gasteiger charge is 2.27. The molecule has 1 heterocycles. The molecule has 9 N–H and O–H groups in total. The quantitative estimate of drug-likeness (QED) is 0.184. The van der Waals surface area contributed by atoms with Crippen LogP contribution in [0.3, 0.4) is 0 Å². The molecule has 0 spiro atoms. The van der Waals surface area contributed by atoms with Crippen molar-refractivity contribution < 1.29 is 31.8 Å². The molecule has 1 aliphatic heterocycles. The first-order chi connectivity index (χ1) is 19.2. The van der Waals surface area contributed by atoms with Crippen LogP contribution in [0.15, 0.2) is 70.5 Å². The Labute approximate surface area is 243 Å². The molecule has 12 nitrogen and oxygen atoms in total. The second kappa shape index (κ2) is 13.6. The van der Waals surface area contributed by atoms with Gasteiger partial charge in [-0.05, 0) is 55.2 Å². The fourth-order valence-corrected chi connectivity index (χ4v) is 6.22. The van der Waals surface area contributed by atoms with E-state index < -0.39 is 37.0 Å². The zero-order chi connectivity index (χ0) is 30.4. The number of benzene rings is 3. The van der Waals surface area contributed by atoms with Gasteiger partial charge >= 0.3 is 0 Å². The fourth-order valence-electron chi connectivity index (χ4n) is 3.94. The van der Waals surface area contributed by atoms with Gasteiger partial charge in [0.15, 0.2) is 0 Å². The van der Waals surface area contributed by atoms with Crippen LogP contribution in [0, 0.1) is 0 Å². The molecule has 4 rings (SSSR count). The van der Waals surface area contributed by atoms with Gasteiger partial charge in [-0.1, -0.05) is 48.0 Å². The average molecular weight is 626 g/mol. The molecule has 0 aliphatic carbocycles. The lowest BCUT2D eigenvalue weighted by Crippen LogP contribution is -2.34. The van der Waals surface area contributed by atoms with Crippen molar-refractivity contribution in [2.24, 2.45) is 10.9 Å². The molecular formula is C26H32ClN5O7S2. The molecule has 15 heteroatoms. The summed E-state index contributed by atoms with van der Waals surface area (Å²) in [6.07, 6.45) is 1.15. The van der Waals surface area contributed by atoms with E-state index in [9.17, 15) is 31.8 Å². The molecule has 0 fully saturated rings. The van der Waals surface area contributed by atoms with E-state index in [1.54, 1.807) is 6.07 Å². The number of carbonyl (C=O) groups excluding carboxylic acids is 1. The number of phenols is 1. The molecule has 1 aliphatic rings. The van der Waals surface area contributed by atoms with Crippen molar-refractivity contribution in [1.82, 2.24) is 10.0 Å². The van der Waals surface area contributed by atoms with Crippen LogP contribution in [-0.4, -0.2) is 52.2 Å². The second-order valence-corrected chi connectivity index (χ2v) is 13.0.